The normalized spacial score (nSPS) is 16.3. The second-order valence-electron chi connectivity index (χ2n) is 5.10. The number of benzene rings is 1. The fraction of sp³-hybridized carbons (Fsp3) is 0.400. The van der Waals surface area contributed by atoms with Crippen molar-refractivity contribution in [2.24, 2.45) is 0 Å². The summed E-state index contributed by atoms with van der Waals surface area (Å²) in [6.45, 7) is 1.91. The van der Waals surface area contributed by atoms with E-state index in [1.54, 1.807) is 12.1 Å². The van der Waals surface area contributed by atoms with E-state index < -0.39 is 0 Å². The average Bonchev–Trinajstić information content (AvgIpc) is 2.99. The predicted octanol–water partition coefficient (Wildman–Crippen LogP) is 3.98. The molecular weight excluding hydrogens is 227 g/mol. The van der Waals surface area contributed by atoms with Crippen LogP contribution in [0, 0.1) is 12.7 Å². The number of hydrogen-bond donors (Lipinski definition) is 0. The van der Waals surface area contributed by atoms with E-state index in [4.69, 9.17) is 0 Å². The maximum Gasteiger partial charge on any atom is 0.123 e. The van der Waals surface area contributed by atoms with Crippen LogP contribution in [-0.4, -0.2) is 9.78 Å². The summed E-state index contributed by atoms with van der Waals surface area (Å²) in [6, 6.07) is 6.92. The monoisotopic (exact) mass is 244 g/mol. The Bertz CT molecular complexity index is 553. The first-order valence-corrected chi connectivity index (χ1v) is 6.56. The maximum absolute atomic E-state index is 13.1. The van der Waals surface area contributed by atoms with Crippen LogP contribution in [0.5, 0.6) is 0 Å². The Balaban J connectivity index is 1.92. The standard InChI is InChI=1S/C15H17FN2/c1-11-10-13(16)6-7-15(11)18-9-8-14(17-18)12-4-2-3-5-12/h6-10,12H,2-5H2,1H3. The smallest absolute Gasteiger partial charge is 0.123 e. The first kappa shape index (κ1) is 11.5. The lowest BCUT2D eigenvalue weighted by molar-refractivity contribution is 0.625. The van der Waals surface area contributed by atoms with E-state index in [0.29, 0.717) is 5.92 Å². The van der Waals surface area contributed by atoms with E-state index >= 15 is 0 Å². The van der Waals surface area contributed by atoms with E-state index in [2.05, 4.69) is 11.2 Å². The van der Waals surface area contributed by atoms with Crippen molar-refractivity contribution in [3.63, 3.8) is 0 Å². The Labute approximate surface area is 106 Å². The van der Waals surface area contributed by atoms with Gasteiger partial charge in [-0.1, -0.05) is 12.8 Å². The molecule has 0 atom stereocenters. The Kier molecular flexibility index (Phi) is 2.90. The molecule has 0 bridgehead atoms. The fourth-order valence-electron chi connectivity index (χ4n) is 2.79. The molecule has 1 aromatic carbocycles. The largest absolute Gasteiger partial charge is 0.240 e. The van der Waals surface area contributed by atoms with E-state index in [-0.39, 0.29) is 5.82 Å². The van der Waals surface area contributed by atoms with Crippen molar-refractivity contribution in [1.82, 2.24) is 9.78 Å². The topological polar surface area (TPSA) is 17.8 Å². The molecule has 18 heavy (non-hydrogen) atoms. The number of nitrogens with zero attached hydrogens (tertiary/aromatic N) is 2. The third kappa shape index (κ3) is 2.05. The first-order chi connectivity index (χ1) is 8.74. The molecule has 3 rings (SSSR count). The lowest BCUT2D eigenvalue weighted by Crippen LogP contribution is -2.01. The second kappa shape index (κ2) is 4.56. The molecule has 0 aliphatic heterocycles. The number of halogens is 1. The van der Waals surface area contributed by atoms with Gasteiger partial charge in [-0.25, -0.2) is 9.07 Å². The zero-order chi connectivity index (χ0) is 12.5. The molecule has 0 radical (unpaired) electrons. The number of rotatable bonds is 2. The van der Waals surface area contributed by atoms with Gasteiger partial charge >= 0.3 is 0 Å². The zero-order valence-corrected chi connectivity index (χ0v) is 10.6. The van der Waals surface area contributed by atoms with Crippen molar-refractivity contribution in [1.29, 1.82) is 0 Å². The van der Waals surface area contributed by atoms with Gasteiger partial charge in [-0.15, -0.1) is 0 Å². The van der Waals surface area contributed by atoms with Crippen molar-refractivity contribution >= 4 is 0 Å². The van der Waals surface area contributed by atoms with Crippen LogP contribution in [0.15, 0.2) is 30.5 Å². The Morgan fingerprint density at radius 1 is 1.22 bits per heavy atom. The van der Waals surface area contributed by atoms with Gasteiger partial charge in [0.15, 0.2) is 0 Å². The lowest BCUT2D eigenvalue weighted by atomic mass is 10.1. The van der Waals surface area contributed by atoms with Crippen LogP contribution < -0.4 is 0 Å². The molecule has 3 heteroatoms. The highest BCUT2D eigenvalue weighted by Crippen LogP contribution is 2.33. The third-order valence-corrected chi connectivity index (χ3v) is 3.79. The van der Waals surface area contributed by atoms with Crippen molar-refractivity contribution in [3.05, 3.63) is 47.5 Å². The van der Waals surface area contributed by atoms with Crippen LogP contribution in [0.3, 0.4) is 0 Å². The third-order valence-electron chi connectivity index (χ3n) is 3.79. The van der Waals surface area contributed by atoms with E-state index in [1.807, 2.05) is 17.8 Å². The molecule has 0 spiro atoms. The molecule has 1 aliphatic rings. The molecule has 1 fully saturated rings. The molecule has 0 amide bonds. The van der Waals surface area contributed by atoms with E-state index in [9.17, 15) is 4.39 Å². The Hall–Kier alpha value is -1.64. The SMILES string of the molecule is Cc1cc(F)ccc1-n1ccc(C2CCCC2)n1. The molecule has 1 heterocycles. The minimum absolute atomic E-state index is 0.195. The molecule has 2 aromatic rings. The number of aromatic nitrogens is 2. The molecule has 94 valence electrons. The van der Waals surface area contributed by atoms with Gasteiger partial charge in [0.2, 0.25) is 0 Å². The molecule has 0 unspecified atom stereocenters. The summed E-state index contributed by atoms with van der Waals surface area (Å²) in [6.07, 6.45) is 7.10. The Morgan fingerprint density at radius 2 is 2.00 bits per heavy atom. The van der Waals surface area contributed by atoms with Gasteiger partial charge in [-0.05, 0) is 49.6 Å². The molecule has 1 aromatic heterocycles. The average molecular weight is 244 g/mol. The first-order valence-electron chi connectivity index (χ1n) is 6.56. The summed E-state index contributed by atoms with van der Waals surface area (Å²) in [5.41, 5.74) is 3.05. The summed E-state index contributed by atoms with van der Waals surface area (Å²) in [5.74, 6) is 0.423. The van der Waals surface area contributed by atoms with Gasteiger partial charge in [0.1, 0.15) is 5.82 Å². The number of hydrogen-bond acceptors (Lipinski definition) is 1. The summed E-state index contributed by atoms with van der Waals surface area (Å²) >= 11 is 0. The predicted molar refractivity (Wildman–Crippen MR) is 69.5 cm³/mol. The summed E-state index contributed by atoms with van der Waals surface area (Å²) < 4.78 is 14.9. The van der Waals surface area contributed by atoms with Gasteiger partial charge < -0.3 is 0 Å². The minimum atomic E-state index is -0.195. The van der Waals surface area contributed by atoms with Crippen molar-refractivity contribution in [2.75, 3.05) is 0 Å². The van der Waals surface area contributed by atoms with Crippen molar-refractivity contribution in [3.8, 4) is 5.69 Å². The van der Waals surface area contributed by atoms with Gasteiger partial charge in [-0.2, -0.15) is 5.10 Å². The van der Waals surface area contributed by atoms with Crippen LogP contribution in [0.25, 0.3) is 5.69 Å². The lowest BCUT2D eigenvalue weighted by Gasteiger charge is -2.07. The van der Waals surface area contributed by atoms with Crippen LogP contribution in [-0.2, 0) is 0 Å². The Morgan fingerprint density at radius 3 is 2.72 bits per heavy atom. The molecule has 0 N–H and O–H groups in total. The molecular formula is C15H17FN2. The highest BCUT2D eigenvalue weighted by molar-refractivity contribution is 5.40. The van der Waals surface area contributed by atoms with E-state index in [1.165, 1.54) is 37.4 Å². The molecule has 1 aliphatic carbocycles. The van der Waals surface area contributed by atoms with Crippen molar-refractivity contribution < 1.29 is 4.39 Å². The quantitative estimate of drug-likeness (QED) is 0.781. The summed E-state index contributed by atoms with van der Waals surface area (Å²) in [7, 11) is 0. The van der Waals surface area contributed by atoms with Crippen LogP contribution >= 0.6 is 0 Å². The highest BCUT2D eigenvalue weighted by atomic mass is 19.1. The molecule has 0 saturated heterocycles. The molecule has 2 nitrogen and oxygen atoms in total. The maximum atomic E-state index is 13.1. The van der Waals surface area contributed by atoms with Gasteiger partial charge in [-0.3, -0.25) is 0 Å². The van der Waals surface area contributed by atoms with Gasteiger partial charge in [0.25, 0.3) is 0 Å². The summed E-state index contributed by atoms with van der Waals surface area (Å²) in [4.78, 5) is 0. The van der Waals surface area contributed by atoms with Crippen LogP contribution in [0.1, 0.15) is 42.9 Å². The van der Waals surface area contributed by atoms with Crippen molar-refractivity contribution in [2.45, 2.75) is 38.5 Å². The number of aryl methyl sites for hydroxylation is 1. The van der Waals surface area contributed by atoms with E-state index in [0.717, 1.165) is 11.3 Å². The minimum Gasteiger partial charge on any atom is -0.240 e. The fourth-order valence-corrected chi connectivity index (χ4v) is 2.79. The van der Waals surface area contributed by atoms with Crippen LogP contribution in [0.4, 0.5) is 4.39 Å². The van der Waals surface area contributed by atoms with Gasteiger partial charge in [0.05, 0.1) is 11.4 Å². The zero-order valence-electron chi connectivity index (χ0n) is 10.6. The summed E-state index contributed by atoms with van der Waals surface area (Å²) in [5, 5.41) is 4.65. The molecule has 1 saturated carbocycles. The second-order valence-corrected chi connectivity index (χ2v) is 5.10. The highest BCUT2D eigenvalue weighted by Gasteiger charge is 2.19. The van der Waals surface area contributed by atoms with Gasteiger partial charge in [0, 0.05) is 12.1 Å². The van der Waals surface area contributed by atoms with Crippen LogP contribution in [0.2, 0.25) is 0 Å².